The van der Waals surface area contributed by atoms with E-state index in [0.29, 0.717) is 5.82 Å². The van der Waals surface area contributed by atoms with Crippen molar-refractivity contribution < 1.29 is 9.31 Å². The summed E-state index contributed by atoms with van der Waals surface area (Å²) in [6.45, 7) is 0. The van der Waals surface area contributed by atoms with Crippen LogP contribution in [-0.4, -0.2) is 14.7 Å². The second kappa shape index (κ2) is 4.20. The van der Waals surface area contributed by atoms with Crippen LogP contribution in [0.3, 0.4) is 0 Å². The molecule has 1 N–H and O–H groups in total. The molecule has 0 atom stereocenters. The molecule has 0 bridgehead atoms. The van der Waals surface area contributed by atoms with Crippen molar-refractivity contribution in [2.45, 2.75) is 0 Å². The molecule has 0 spiro atoms. The number of anilines is 2. The van der Waals surface area contributed by atoms with Crippen LogP contribution >= 0.6 is 0 Å². The van der Waals surface area contributed by atoms with Crippen molar-refractivity contribution in [1.82, 2.24) is 9.78 Å². The van der Waals surface area contributed by atoms with E-state index in [9.17, 15) is 14.5 Å². The van der Waals surface area contributed by atoms with E-state index >= 15 is 0 Å². The van der Waals surface area contributed by atoms with Crippen molar-refractivity contribution in [3.05, 3.63) is 46.4 Å². The van der Waals surface area contributed by atoms with E-state index in [-0.39, 0.29) is 11.4 Å². The van der Waals surface area contributed by atoms with Crippen LogP contribution in [0.15, 0.2) is 30.5 Å². The largest absolute Gasteiger partial charge is 0.333 e. The van der Waals surface area contributed by atoms with Crippen molar-refractivity contribution >= 4 is 17.2 Å². The zero-order valence-electron chi connectivity index (χ0n) is 8.92. The Morgan fingerprint density at radius 3 is 2.82 bits per heavy atom. The summed E-state index contributed by atoms with van der Waals surface area (Å²) >= 11 is 0. The molecule has 0 saturated heterocycles. The highest BCUT2D eigenvalue weighted by atomic mass is 19.1. The van der Waals surface area contributed by atoms with Crippen LogP contribution in [-0.2, 0) is 7.05 Å². The normalized spacial score (nSPS) is 10.2. The van der Waals surface area contributed by atoms with Gasteiger partial charge >= 0.3 is 0 Å². The zero-order valence-corrected chi connectivity index (χ0v) is 8.92. The fourth-order valence-electron chi connectivity index (χ4n) is 1.38. The van der Waals surface area contributed by atoms with Gasteiger partial charge in [-0.15, -0.1) is 0 Å². The molecule has 1 aromatic carbocycles. The van der Waals surface area contributed by atoms with E-state index in [1.54, 1.807) is 24.0 Å². The van der Waals surface area contributed by atoms with E-state index in [0.717, 1.165) is 12.1 Å². The summed E-state index contributed by atoms with van der Waals surface area (Å²) in [7, 11) is 1.73. The maximum Gasteiger partial charge on any atom is 0.295 e. The van der Waals surface area contributed by atoms with Gasteiger partial charge in [-0.2, -0.15) is 5.10 Å². The summed E-state index contributed by atoms with van der Waals surface area (Å²) in [4.78, 5) is 10.1. The third-order valence-corrected chi connectivity index (χ3v) is 2.13. The highest BCUT2D eigenvalue weighted by molar-refractivity contribution is 5.67. The number of halogens is 1. The maximum absolute atomic E-state index is 12.9. The van der Waals surface area contributed by atoms with Crippen LogP contribution in [0, 0.1) is 15.9 Å². The molecular formula is C10H9FN4O2. The van der Waals surface area contributed by atoms with Crippen LogP contribution in [0.5, 0.6) is 0 Å². The number of nitrogens with zero attached hydrogens (tertiary/aromatic N) is 3. The highest BCUT2D eigenvalue weighted by Gasteiger charge is 2.15. The van der Waals surface area contributed by atoms with Crippen molar-refractivity contribution in [3.8, 4) is 0 Å². The molecular weight excluding hydrogens is 227 g/mol. The quantitative estimate of drug-likeness (QED) is 0.655. The molecule has 1 aromatic heterocycles. The summed E-state index contributed by atoms with van der Waals surface area (Å²) in [5, 5.41) is 17.5. The van der Waals surface area contributed by atoms with Gasteiger partial charge in [0.05, 0.1) is 11.0 Å². The molecule has 0 aliphatic heterocycles. The van der Waals surface area contributed by atoms with Crippen molar-refractivity contribution in [3.63, 3.8) is 0 Å². The van der Waals surface area contributed by atoms with Gasteiger partial charge in [0.2, 0.25) is 0 Å². The Morgan fingerprint density at radius 2 is 2.24 bits per heavy atom. The van der Waals surface area contributed by atoms with Gasteiger partial charge in [-0.05, 0) is 12.1 Å². The predicted molar refractivity (Wildman–Crippen MR) is 59.5 cm³/mol. The molecule has 0 radical (unpaired) electrons. The van der Waals surface area contributed by atoms with E-state index in [2.05, 4.69) is 10.4 Å². The fraction of sp³-hybridized carbons (Fsp3) is 0.100. The first-order valence-corrected chi connectivity index (χ1v) is 4.77. The average Bonchev–Trinajstić information content (AvgIpc) is 2.66. The molecule has 0 aliphatic rings. The standard InChI is InChI=1S/C10H9FN4O2/c1-14-5-4-10(13-14)12-8-3-2-7(11)6-9(8)15(16)17/h2-6H,1H3,(H,12,13). The summed E-state index contributed by atoms with van der Waals surface area (Å²) in [6, 6.07) is 4.98. The van der Waals surface area contributed by atoms with Crippen LogP contribution < -0.4 is 5.32 Å². The number of nitro groups is 1. The first-order chi connectivity index (χ1) is 8.06. The molecule has 0 amide bonds. The Hall–Kier alpha value is -2.44. The van der Waals surface area contributed by atoms with Crippen LogP contribution in [0.2, 0.25) is 0 Å². The Balaban J connectivity index is 2.35. The van der Waals surface area contributed by atoms with Gasteiger partial charge < -0.3 is 5.32 Å². The Morgan fingerprint density at radius 1 is 1.47 bits per heavy atom. The van der Waals surface area contributed by atoms with Gasteiger partial charge in [0, 0.05) is 19.3 Å². The molecule has 1 heterocycles. The van der Waals surface area contributed by atoms with Gasteiger partial charge in [-0.25, -0.2) is 4.39 Å². The number of benzene rings is 1. The molecule has 2 aromatic rings. The number of nitrogens with one attached hydrogen (secondary N) is 1. The minimum absolute atomic E-state index is 0.204. The first-order valence-electron chi connectivity index (χ1n) is 4.77. The molecule has 0 unspecified atom stereocenters. The third-order valence-electron chi connectivity index (χ3n) is 2.13. The minimum Gasteiger partial charge on any atom is -0.333 e. The van der Waals surface area contributed by atoms with Gasteiger partial charge in [-0.3, -0.25) is 14.8 Å². The number of hydrogen-bond acceptors (Lipinski definition) is 4. The van der Waals surface area contributed by atoms with E-state index in [4.69, 9.17) is 0 Å². The Kier molecular flexibility index (Phi) is 2.73. The first kappa shape index (κ1) is 11.1. The number of aryl methyl sites for hydroxylation is 1. The zero-order chi connectivity index (χ0) is 12.4. The number of rotatable bonds is 3. The lowest BCUT2D eigenvalue weighted by molar-refractivity contribution is -0.384. The van der Waals surface area contributed by atoms with Crippen molar-refractivity contribution in [1.29, 1.82) is 0 Å². The van der Waals surface area contributed by atoms with Gasteiger partial charge in [0.15, 0.2) is 5.82 Å². The van der Waals surface area contributed by atoms with Gasteiger partial charge in [0.1, 0.15) is 11.5 Å². The molecule has 7 heteroatoms. The Labute approximate surface area is 95.8 Å². The number of nitro benzene ring substituents is 1. The number of hydrogen-bond donors (Lipinski definition) is 1. The average molecular weight is 236 g/mol. The third kappa shape index (κ3) is 2.39. The summed E-state index contributed by atoms with van der Waals surface area (Å²) in [6.07, 6.45) is 1.69. The predicted octanol–water partition coefficient (Wildman–Crippen LogP) is 2.21. The van der Waals surface area contributed by atoms with Crippen LogP contribution in [0.1, 0.15) is 0 Å². The van der Waals surface area contributed by atoms with E-state index < -0.39 is 10.7 Å². The SMILES string of the molecule is Cn1ccc(Nc2ccc(F)cc2[N+](=O)[O-])n1. The molecule has 0 saturated carbocycles. The lowest BCUT2D eigenvalue weighted by atomic mass is 10.2. The fourth-order valence-corrected chi connectivity index (χ4v) is 1.38. The van der Waals surface area contributed by atoms with Crippen molar-refractivity contribution in [2.75, 3.05) is 5.32 Å². The lowest BCUT2D eigenvalue weighted by Crippen LogP contribution is -1.99. The van der Waals surface area contributed by atoms with Crippen molar-refractivity contribution in [2.24, 2.45) is 7.05 Å². The van der Waals surface area contributed by atoms with Gasteiger partial charge in [-0.1, -0.05) is 0 Å². The highest BCUT2D eigenvalue weighted by Crippen LogP contribution is 2.27. The molecule has 17 heavy (non-hydrogen) atoms. The summed E-state index contributed by atoms with van der Waals surface area (Å²) < 4.78 is 14.5. The molecule has 2 rings (SSSR count). The van der Waals surface area contributed by atoms with Crippen LogP contribution in [0.25, 0.3) is 0 Å². The lowest BCUT2D eigenvalue weighted by Gasteiger charge is -2.03. The van der Waals surface area contributed by atoms with E-state index in [1.165, 1.54) is 6.07 Å². The molecule has 88 valence electrons. The molecule has 0 aliphatic carbocycles. The smallest absolute Gasteiger partial charge is 0.295 e. The van der Waals surface area contributed by atoms with Gasteiger partial charge in [0.25, 0.3) is 5.69 Å². The summed E-state index contributed by atoms with van der Waals surface area (Å²) in [5.41, 5.74) is -0.120. The monoisotopic (exact) mass is 236 g/mol. The second-order valence-corrected chi connectivity index (χ2v) is 3.42. The minimum atomic E-state index is -0.650. The maximum atomic E-state index is 12.9. The topological polar surface area (TPSA) is 73.0 Å². The Bertz CT molecular complexity index is 567. The number of aromatic nitrogens is 2. The van der Waals surface area contributed by atoms with E-state index in [1.807, 2.05) is 0 Å². The summed E-state index contributed by atoms with van der Waals surface area (Å²) in [5.74, 6) is -0.189. The molecule has 0 fully saturated rings. The second-order valence-electron chi connectivity index (χ2n) is 3.42. The molecule has 6 nitrogen and oxygen atoms in total. The van der Waals surface area contributed by atoms with Crippen LogP contribution in [0.4, 0.5) is 21.6 Å².